The maximum atomic E-state index is 12.6. The summed E-state index contributed by atoms with van der Waals surface area (Å²) in [6.07, 6.45) is 0.357. The Labute approximate surface area is 161 Å². The summed E-state index contributed by atoms with van der Waals surface area (Å²) in [6.45, 7) is 4.86. The van der Waals surface area contributed by atoms with Gasteiger partial charge in [0.15, 0.2) is 11.5 Å². The van der Waals surface area contributed by atoms with Crippen molar-refractivity contribution in [3.63, 3.8) is 0 Å². The molecular weight excluding hydrogens is 358 g/mol. The van der Waals surface area contributed by atoms with Gasteiger partial charge in [0.25, 0.3) is 0 Å². The van der Waals surface area contributed by atoms with Crippen molar-refractivity contribution in [3.8, 4) is 22.9 Å². The highest BCUT2D eigenvalue weighted by molar-refractivity contribution is 5.96. The molecule has 142 valence electrons. The molecule has 5 rings (SSSR count). The van der Waals surface area contributed by atoms with Gasteiger partial charge >= 0.3 is 0 Å². The van der Waals surface area contributed by atoms with E-state index in [9.17, 15) is 4.79 Å². The maximum absolute atomic E-state index is 12.6. The fourth-order valence-corrected chi connectivity index (χ4v) is 3.57. The predicted molar refractivity (Wildman–Crippen MR) is 101 cm³/mol. The van der Waals surface area contributed by atoms with Gasteiger partial charge in [-0.15, -0.1) is 0 Å². The molecule has 3 heterocycles. The fraction of sp³-hybridized carbons (Fsp3) is 0.286. The van der Waals surface area contributed by atoms with Crippen LogP contribution in [0.5, 0.6) is 11.5 Å². The second-order valence-electron chi connectivity index (χ2n) is 7.20. The van der Waals surface area contributed by atoms with Crippen molar-refractivity contribution in [1.29, 1.82) is 0 Å². The largest absolute Gasteiger partial charge is 0.454 e. The first kappa shape index (κ1) is 16.8. The number of fused-ring (bicyclic) bond motifs is 1. The first-order valence-electron chi connectivity index (χ1n) is 9.20. The summed E-state index contributed by atoms with van der Waals surface area (Å²) in [5.41, 5.74) is 4.06. The summed E-state index contributed by atoms with van der Waals surface area (Å²) in [6, 6.07) is 11.6. The van der Waals surface area contributed by atoms with Crippen LogP contribution in [0.4, 0.5) is 5.69 Å². The van der Waals surface area contributed by atoms with Crippen LogP contribution in [0.3, 0.4) is 0 Å². The van der Waals surface area contributed by atoms with Gasteiger partial charge in [-0.2, -0.15) is 4.98 Å². The summed E-state index contributed by atoms with van der Waals surface area (Å²) in [7, 11) is 0. The summed E-state index contributed by atoms with van der Waals surface area (Å²) in [5, 5.41) is 4.09. The number of carbonyl (C=O) groups is 1. The van der Waals surface area contributed by atoms with E-state index in [1.54, 1.807) is 4.90 Å². The van der Waals surface area contributed by atoms with Crippen LogP contribution >= 0.6 is 0 Å². The van der Waals surface area contributed by atoms with Gasteiger partial charge in [-0.3, -0.25) is 4.79 Å². The zero-order valence-electron chi connectivity index (χ0n) is 15.6. The van der Waals surface area contributed by atoms with Gasteiger partial charge in [0.2, 0.25) is 24.4 Å². The SMILES string of the molecule is Cc1ccc(N2C[C@H](c3nc(-c4ccc5c(c4)OCO5)no3)CC2=O)cc1C. The third-order valence-corrected chi connectivity index (χ3v) is 5.35. The van der Waals surface area contributed by atoms with Crippen LogP contribution in [0.15, 0.2) is 40.9 Å². The highest BCUT2D eigenvalue weighted by atomic mass is 16.7. The highest BCUT2D eigenvalue weighted by Crippen LogP contribution is 2.36. The number of anilines is 1. The molecule has 0 spiro atoms. The number of hydrogen-bond acceptors (Lipinski definition) is 6. The van der Waals surface area contributed by atoms with Gasteiger partial charge in [0.1, 0.15) is 0 Å². The first-order chi connectivity index (χ1) is 13.6. The molecule has 0 saturated carbocycles. The minimum Gasteiger partial charge on any atom is -0.454 e. The molecule has 2 aromatic carbocycles. The Bertz CT molecular complexity index is 1080. The van der Waals surface area contributed by atoms with Gasteiger partial charge in [-0.25, -0.2) is 0 Å². The number of rotatable bonds is 3. The summed E-state index contributed by atoms with van der Waals surface area (Å²) in [5.74, 6) is 2.27. The molecule has 0 aliphatic carbocycles. The van der Waals surface area contributed by atoms with E-state index in [1.807, 2.05) is 43.3 Å². The lowest BCUT2D eigenvalue weighted by atomic mass is 10.1. The molecule has 1 saturated heterocycles. The van der Waals surface area contributed by atoms with Crippen molar-refractivity contribution in [2.24, 2.45) is 0 Å². The molecular formula is C21H19N3O4. The third kappa shape index (κ3) is 2.79. The zero-order chi connectivity index (χ0) is 19.3. The Kier molecular flexibility index (Phi) is 3.82. The van der Waals surface area contributed by atoms with E-state index < -0.39 is 0 Å². The fourth-order valence-electron chi connectivity index (χ4n) is 3.57. The Hall–Kier alpha value is -3.35. The minimum atomic E-state index is -0.121. The zero-order valence-corrected chi connectivity index (χ0v) is 15.6. The second kappa shape index (κ2) is 6.37. The molecule has 2 aliphatic rings. The van der Waals surface area contributed by atoms with E-state index in [0.717, 1.165) is 16.8 Å². The van der Waals surface area contributed by atoms with Crippen LogP contribution in [0, 0.1) is 13.8 Å². The third-order valence-electron chi connectivity index (χ3n) is 5.35. The van der Waals surface area contributed by atoms with Gasteiger partial charge in [-0.05, 0) is 55.3 Å². The molecule has 0 radical (unpaired) electrons. The van der Waals surface area contributed by atoms with Crippen LogP contribution < -0.4 is 14.4 Å². The number of aromatic nitrogens is 2. The van der Waals surface area contributed by atoms with E-state index in [1.165, 1.54) is 5.56 Å². The van der Waals surface area contributed by atoms with Crippen molar-refractivity contribution in [2.45, 2.75) is 26.2 Å². The molecule has 1 amide bonds. The van der Waals surface area contributed by atoms with Gasteiger partial charge in [-0.1, -0.05) is 11.2 Å². The Morgan fingerprint density at radius 3 is 2.75 bits per heavy atom. The smallest absolute Gasteiger partial charge is 0.232 e. The lowest BCUT2D eigenvalue weighted by Gasteiger charge is -2.17. The molecule has 0 unspecified atom stereocenters. The normalized spacial score (nSPS) is 18.1. The molecule has 3 aromatic rings. The van der Waals surface area contributed by atoms with Crippen molar-refractivity contribution >= 4 is 11.6 Å². The molecule has 0 N–H and O–H groups in total. The number of hydrogen-bond donors (Lipinski definition) is 0. The molecule has 7 heteroatoms. The van der Waals surface area contributed by atoms with E-state index >= 15 is 0 Å². The molecule has 0 bridgehead atoms. The van der Waals surface area contributed by atoms with Gasteiger partial charge < -0.3 is 18.9 Å². The van der Waals surface area contributed by atoms with Crippen molar-refractivity contribution in [1.82, 2.24) is 10.1 Å². The standard InChI is InChI=1S/C21H19N3O4/c1-12-3-5-16(7-13(12)2)24-10-15(9-19(24)25)21-22-20(23-28-21)14-4-6-17-18(8-14)27-11-26-17/h3-8,15H,9-11H2,1-2H3/t15-/m1/s1. The van der Waals surface area contributed by atoms with Crippen LogP contribution in [-0.4, -0.2) is 29.4 Å². The average molecular weight is 377 g/mol. The van der Waals surface area contributed by atoms with Crippen LogP contribution in [0.25, 0.3) is 11.4 Å². The van der Waals surface area contributed by atoms with E-state index in [-0.39, 0.29) is 18.6 Å². The van der Waals surface area contributed by atoms with Crippen LogP contribution in [0.2, 0.25) is 0 Å². The Morgan fingerprint density at radius 2 is 1.89 bits per heavy atom. The van der Waals surface area contributed by atoms with Crippen molar-refractivity contribution in [3.05, 3.63) is 53.4 Å². The summed E-state index contributed by atoms with van der Waals surface area (Å²) in [4.78, 5) is 18.9. The number of amides is 1. The monoisotopic (exact) mass is 377 g/mol. The van der Waals surface area contributed by atoms with Crippen LogP contribution in [-0.2, 0) is 4.79 Å². The summed E-state index contributed by atoms with van der Waals surface area (Å²) < 4.78 is 16.2. The lowest BCUT2D eigenvalue weighted by Crippen LogP contribution is -2.24. The quantitative estimate of drug-likeness (QED) is 0.694. The highest BCUT2D eigenvalue weighted by Gasteiger charge is 2.35. The molecule has 1 atom stereocenters. The summed E-state index contributed by atoms with van der Waals surface area (Å²) >= 11 is 0. The van der Waals surface area contributed by atoms with E-state index in [2.05, 4.69) is 17.1 Å². The molecule has 28 heavy (non-hydrogen) atoms. The van der Waals surface area contributed by atoms with Crippen molar-refractivity contribution in [2.75, 3.05) is 18.2 Å². The molecule has 2 aliphatic heterocycles. The van der Waals surface area contributed by atoms with Crippen LogP contribution in [0.1, 0.15) is 29.4 Å². The van der Waals surface area contributed by atoms with Gasteiger partial charge in [0.05, 0.1) is 5.92 Å². The maximum Gasteiger partial charge on any atom is 0.232 e. The predicted octanol–water partition coefficient (Wildman–Crippen LogP) is 3.60. The molecule has 1 aromatic heterocycles. The number of benzene rings is 2. The topological polar surface area (TPSA) is 77.7 Å². The second-order valence-corrected chi connectivity index (χ2v) is 7.20. The number of aryl methyl sites for hydroxylation is 2. The lowest BCUT2D eigenvalue weighted by molar-refractivity contribution is -0.117. The molecule has 7 nitrogen and oxygen atoms in total. The van der Waals surface area contributed by atoms with E-state index in [4.69, 9.17) is 14.0 Å². The minimum absolute atomic E-state index is 0.0658. The number of carbonyl (C=O) groups excluding carboxylic acids is 1. The first-order valence-corrected chi connectivity index (χ1v) is 9.20. The Morgan fingerprint density at radius 1 is 1.04 bits per heavy atom. The van der Waals surface area contributed by atoms with E-state index in [0.29, 0.717) is 36.2 Å². The number of nitrogens with zero attached hydrogens (tertiary/aromatic N) is 3. The Balaban J connectivity index is 1.37. The number of ether oxygens (including phenoxy) is 2. The average Bonchev–Trinajstić information content (AvgIpc) is 3.42. The van der Waals surface area contributed by atoms with Gasteiger partial charge in [0, 0.05) is 24.2 Å². The molecule has 1 fully saturated rings. The van der Waals surface area contributed by atoms with Crippen molar-refractivity contribution < 1.29 is 18.8 Å².